The second-order valence-electron chi connectivity index (χ2n) is 9.71. The van der Waals surface area contributed by atoms with Crippen molar-refractivity contribution >= 4 is 17.6 Å². The first-order valence-electron chi connectivity index (χ1n) is 13.0. The van der Waals surface area contributed by atoms with Gasteiger partial charge in [0.1, 0.15) is 17.7 Å². The summed E-state index contributed by atoms with van der Waals surface area (Å²) in [5.74, 6) is -6.20. The van der Waals surface area contributed by atoms with Crippen LogP contribution in [-0.2, 0) is 36.8 Å². The Morgan fingerprint density at radius 1 is 1.02 bits per heavy atom. The topological polar surface area (TPSA) is 142 Å². The van der Waals surface area contributed by atoms with E-state index in [1.165, 1.54) is 29.3 Å². The Balaban J connectivity index is 1.22. The van der Waals surface area contributed by atoms with Gasteiger partial charge in [-0.15, -0.1) is 23.4 Å². The number of anilines is 1. The van der Waals surface area contributed by atoms with Crippen molar-refractivity contribution in [3.63, 3.8) is 0 Å². The number of aryl methyl sites for hydroxylation is 1. The number of amides is 2. The number of carbonyl (C=O) groups is 2. The summed E-state index contributed by atoms with van der Waals surface area (Å²) in [6.07, 6.45) is -3.48. The Morgan fingerprint density at radius 2 is 1.78 bits per heavy atom. The van der Waals surface area contributed by atoms with Gasteiger partial charge in [0.25, 0.3) is 11.8 Å². The number of alkyl halides is 6. The smallest absolute Gasteiger partial charge is 0.406 e. The summed E-state index contributed by atoms with van der Waals surface area (Å²) in [4.78, 5) is 28.6. The van der Waals surface area contributed by atoms with E-state index in [0.29, 0.717) is 0 Å². The molecule has 3 aromatic heterocycles. The molecule has 240 valence electrons. The van der Waals surface area contributed by atoms with Crippen LogP contribution in [0.15, 0.2) is 48.9 Å². The summed E-state index contributed by atoms with van der Waals surface area (Å²) in [7, 11) is 0. The summed E-state index contributed by atoms with van der Waals surface area (Å²) in [6.45, 7) is 0.337. The van der Waals surface area contributed by atoms with Crippen molar-refractivity contribution in [3.8, 4) is 5.75 Å². The predicted octanol–water partition coefficient (Wildman–Crippen LogP) is 3.95. The van der Waals surface area contributed by atoms with Gasteiger partial charge in [-0.25, -0.2) is 22.2 Å². The first-order chi connectivity index (χ1) is 21.1. The van der Waals surface area contributed by atoms with E-state index in [2.05, 4.69) is 41.0 Å². The van der Waals surface area contributed by atoms with E-state index in [1.807, 2.05) is 0 Å². The third-order valence-electron chi connectivity index (χ3n) is 5.99. The number of halogens is 7. The van der Waals surface area contributed by atoms with E-state index in [4.69, 9.17) is 0 Å². The van der Waals surface area contributed by atoms with Gasteiger partial charge < -0.3 is 15.4 Å². The standard InChI is InChI=1S/C26H24F7N9O3/c1-25(29,30)16-4-6-34-18(10-16)11-35-24(44)21-13-42(39-37-21)12-17(27)5-7-41-14-22(38-40-41)36-23(43)9-15-8-19(2-3-20(15)28)45-26(31,32)33/h2-4,6,8,10,13-14,17H,5,7,9,11-12H2,1H3,(H,35,44)(H,36,43). The summed E-state index contributed by atoms with van der Waals surface area (Å²) >= 11 is 0. The molecule has 0 aliphatic carbocycles. The van der Waals surface area contributed by atoms with E-state index < -0.39 is 48.3 Å². The van der Waals surface area contributed by atoms with Crippen LogP contribution in [0, 0.1) is 5.82 Å². The molecule has 4 aromatic rings. The van der Waals surface area contributed by atoms with Crippen LogP contribution in [0.1, 0.15) is 40.7 Å². The minimum atomic E-state index is -4.99. The number of benzene rings is 1. The quantitative estimate of drug-likeness (QED) is 0.209. The van der Waals surface area contributed by atoms with E-state index >= 15 is 0 Å². The molecule has 2 amide bonds. The third-order valence-corrected chi connectivity index (χ3v) is 5.99. The largest absolute Gasteiger partial charge is 0.573 e. The maximum Gasteiger partial charge on any atom is 0.573 e. The molecule has 45 heavy (non-hydrogen) atoms. The zero-order chi connectivity index (χ0) is 32.8. The fourth-order valence-corrected chi connectivity index (χ4v) is 3.88. The SMILES string of the molecule is CC(F)(F)c1ccnc(CNC(=O)c2cn(CC(F)CCn3cc(NC(=O)Cc4cc(OC(F)(F)F)ccc4F)nn3)nn2)c1. The molecule has 19 heteroatoms. The fourth-order valence-electron chi connectivity index (χ4n) is 3.88. The van der Waals surface area contributed by atoms with Gasteiger partial charge in [-0.1, -0.05) is 10.4 Å². The number of pyridine rings is 1. The predicted molar refractivity (Wildman–Crippen MR) is 140 cm³/mol. The molecule has 0 aliphatic rings. The van der Waals surface area contributed by atoms with Gasteiger partial charge in [-0.2, -0.15) is 0 Å². The van der Waals surface area contributed by atoms with E-state index in [9.17, 15) is 40.3 Å². The Bertz CT molecular complexity index is 1640. The number of carbonyl (C=O) groups excluding carboxylic acids is 2. The van der Waals surface area contributed by atoms with Crippen LogP contribution >= 0.6 is 0 Å². The van der Waals surface area contributed by atoms with Crippen LogP contribution in [0.5, 0.6) is 5.75 Å². The van der Waals surface area contributed by atoms with Crippen LogP contribution in [0.2, 0.25) is 0 Å². The second kappa shape index (κ2) is 13.7. The zero-order valence-corrected chi connectivity index (χ0v) is 23.2. The second-order valence-corrected chi connectivity index (χ2v) is 9.71. The minimum Gasteiger partial charge on any atom is -0.406 e. The average molecular weight is 644 g/mol. The van der Waals surface area contributed by atoms with Gasteiger partial charge in [0.05, 0.1) is 37.6 Å². The van der Waals surface area contributed by atoms with Crippen molar-refractivity contribution in [1.82, 2.24) is 40.3 Å². The van der Waals surface area contributed by atoms with Crippen LogP contribution in [0.4, 0.5) is 36.6 Å². The Kier molecular flexibility index (Phi) is 9.98. The number of nitrogens with one attached hydrogen (secondary N) is 2. The van der Waals surface area contributed by atoms with E-state index in [-0.39, 0.29) is 54.4 Å². The molecule has 12 nitrogen and oxygen atoms in total. The third kappa shape index (κ3) is 9.97. The first kappa shape index (κ1) is 32.8. The van der Waals surface area contributed by atoms with Crippen LogP contribution in [0.3, 0.4) is 0 Å². The molecular weight excluding hydrogens is 619 g/mol. The van der Waals surface area contributed by atoms with Crippen LogP contribution in [0.25, 0.3) is 0 Å². The first-order valence-corrected chi connectivity index (χ1v) is 13.0. The molecule has 3 heterocycles. The summed E-state index contributed by atoms with van der Waals surface area (Å²) in [6, 6.07) is 4.59. The lowest BCUT2D eigenvalue weighted by Gasteiger charge is -2.11. The molecule has 0 saturated heterocycles. The molecule has 0 aliphatic heterocycles. The summed E-state index contributed by atoms with van der Waals surface area (Å²) in [5, 5.41) is 19.7. The molecular formula is C26H24F7N9O3. The van der Waals surface area contributed by atoms with Crippen molar-refractivity contribution < 1.29 is 45.1 Å². The molecule has 1 atom stereocenters. The van der Waals surface area contributed by atoms with Gasteiger partial charge in [-0.05, 0) is 30.3 Å². The van der Waals surface area contributed by atoms with Crippen LogP contribution < -0.4 is 15.4 Å². The van der Waals surface area contributed by atoms with Gasteiger partial charge in [0, 0.05) is 37.2 Å². The Morgan fingerprint density at radius 3 is 2.51 bits per heavy atom. The van der Waals surface area contributed by atoms with Crippen molar-refractivity contribution in [2.24, 2.45) is 0 Å². The number of hydrogen-bond donors (Lipinski definition) is 2. The number of ether oxygens (including phenoxy) is 1. The van der Waals surface area contributed by atoms with E-state index in [0.717, 1.165) is 35.9 Å². The molecule has 0 bridgehead atoms. The highest BCUT2D eigenvalue weighted by Crippen LogP contribution is 2.27. The maximum absolute atomic E-state index is 14.6. The highest BCUT2D eigenvalue weighted by Gasteiger charge is 2.31. The lowest BCUT2D eigenvalue weighted by Crippen LogP contribution is -2.24. The van der Waals surface area contributed by atoms with Crippen molar-refractivity contribution in [2.45, 2.75) is 57.9 Å². The van der Waals surface area contributed by atoms with Crippen molar-refractivity contribution in [1.29, 1.82) is 0 Å². The zero-order valence-electron chi connectivity index (χ0n) is 23.2. The molecule has 0 spiro atoms. The molecule has 0 fully saturated rings. The van der Waals surface area contributed by atoms with E-state index in [1.54, 1.807) is 0 Å². The number of hydrogen-bond acceptors (Lipinski definition) is 8. The van der Waals surface area contributed by atoms with Gasteiger partial charge in [-0.3, -0.25) is 19.3 Å². The fraction of sp³-hybridized carbons (Fsp3) is 0.346. The number of nitrogens with zero attached hydrogens (tertiary/aromatic N) is 7. The average Bonchev–Trinajstić information content (AvgIpc) is 3.61. The normalized spacial score (nSPS) is 12.5. The summed E-state index contributed by atoms with van der Waals surface area (Å²) in [5.41, 5.74) is -0.529. The molecule has 2 N–H and O–H groups in total. The van der Waals surface area contributed by atoms with Gasteiger partial charge in [0.15, 0.2) is 11.5 Å². The Labute approximate surface area is 249 Å². The molecule has 0 radical (unpaired) electrons. The maximum atomic E-state index is 14.6. The summed E-state index contributed by atoms with van der Waals surface area (Å²) < 4.78 is 98.9. The monoisotopic (exact) mass is 643 g/mol. The minimum absolute atomic E-state index is 0.0143. The lowest BCUT2D eigenvalue weighted by atomic mass is 10.1. The molecule has 1 unspecified atom stereocenters. The molecule has 4 rings (SSSR count). The lowest BCUT2D eigenvalue weighted by molar-refractivity contribution is -0.274. The van der Waals surface area contributed by atoms with Crippen molar-refractivity contribution in [2.75, 3.05) is 5.32 Å². The highest BCUT2D eigenvalue weighted by molar-refractivity contribution is 5.92. The highest BCUT2D eigenvalue weighted by atomic mass is 19.4. The molecule has 0 saturated carbocycles. The Hall–Kier alpha value is -5.10. The number of rotatable bonds is 13. The van der Waals surface area contributed by atoms with Gasteiger partial charge >= 0.3 is 6.36 Å². The van der Waals surface area contributed by atoms with Gasteiger partial charge in [0.2, 0.25) is 5.91 Å². The van der Waals surface area contributed by atoms with Crippen LogP contribution in [-0.4, -0.2) is 59.3 Å². The van der Waals surface area contributed by atoms with Crippen molar-refractivity contribution in [3.05, 3.63) is 77.3 Å². The molecule has 1 aromatic carbocycles. The number of aromatic nitrogens is 7.